The Balaban J connectivity index is 1.72. The van der Waals surface area contributed by atoms with Crippen LogP contribution in [0.25, 0.3) is 0 Å². The van der Waals surface area contributed by atoms with Crippen LogP contribution in [0.2, 0.25) is 0 Å². The molecular formula is C17H24N2O5S. The van der Waals surface area contributed by atoms with Gasteiger partial charge in [0.05, 0.1) is 19.0 Å². The Morgan fingerprint density at radius 2 is 1.84 bits per heavy atom. The molecule has 2 rings (SSSR count). The minimum Gasteiger partial charge on any atom is -0.379 e. The van der Waals surface area contributed by atoms with Gasteiger partial charge in [-0.05, 0) is 12.5 Å². The number of sulfonamides is 1. The lowest BCUT2D eigenvalue weighted by atomic mass is 10.0. The van der Waals surface area contributed by atoms with Crippen LogP contribution in [0.4, 0.5) is 0 Å². The number of carbonyl (C=O) groups excluding carboxylic acids is 2. The number of aryl methyl sites for hydroxylation is 1. The summed E-state index contributed by atoms with van der Waals surface area (Å²) in [7, 11) is -3.39. The lowest BCUT2D eigenvalue weighted by Crippen LogP contribution is -2.43. The fourth-order valence-corrected chi connectivity index (χ4v) is 3.93. The SMILES string of the molecule is Cc1ccccc1C(=O)CCC(=O)NCCS(=O)(=O)N1CCOCC1. The van der Waals surface area contributed by atoms with Crippen molar-refractivity contribution in [2.24, 2.45) is 0 Å². The van der Waals surface area contributed by atoms with E-state index in [-0.39, 0.29) is 36.8 Å². The number of morpholine rings is 1. The van der Waals surface area contributed by atoms with Gasteiger partial charge in [-0.25, -0.2) is 8.42 Å². The van der Waals surface area contributed by atoms with Crippen LogP contribution in [0.1, 0.15) is 28.8 Å². The summed E-state index contributed by atoms with van der Waals surface area (Å²) < 4.78 is 30.7. The third-order valence-electron chi connectivity index (χ3n) is 4.07. The molecule has 0 aliphatic carbocycles. The Morgan fingerprint density at radius 3 is 2.52 bits per heavy atom. The lowest BCUT2D eigenvalue weighted by Gasteiger charge is -2.26. The van der Waals surface area contributed by atoms with E-state index in [0.717, 1.165) is 5.56 Å². The number of hydrogen-bond acceptors (Lipinski definition) is 5. The number of nitrogens with zero attached hydrogens (tertiary/aromatic N) is 1. The molecule has 1 aliphatic heterocycles. The van der Waals surface area contributed by atoms with Crippen molar-refractivity contribution >= 4 is 21.7 Å². The van der Waals surface area contributed by atoms with E-state index in [1.54, 1.807) is 12.1 Å². The highest BCUT2D eigenvalue weighted by molar-refractivity contribution is 7.89. The zero-order chi connectivity index (χ0) is 18.3. The van der Waals surface area contributed by atoms with E-state index in [1.807, 2.05) is 19.1 Å². The molecule has 1 N–H and O–H groups in total. The zero-order valence-corrected chi connectivity index (χ0v) is 15.2. The predicted octanol–water partition coefficient (Wildman–Crippen LogP) is 0.736. The minimum absolute atomic E-state index is 0.0388. The van der Waals surface area contributed by atoms with Crippen molar-refractivity contribution in [1.82, 2.24) is 9.62 Å². The number of ether oxygens (including phenoxy) is 1. The van der Waals surface area contributed by atoms with E-state index >= 15 is 0 Å². The average Bonchev–Trinajstić information content (AvgIpc) is 2.60. The van der Waals surface area contributed by atoms with Crippen molar-refractivity contribution in [2.45, 2.75) is 19.8 Å². The molecule has 25 heavy (non-hydrogen) atoms. The highest BCUT2D eigenvalue weighted by Gasteiger charge is 2.24. The van der Waals surface area contributed by atoms with Crippen molar-refractivity contribution in [3.05, 3.63) is 35.4 Å². The molecule has 8 heteroatoms. The van der Waals surface area contributed by atoms with Crippen LogP contribution < -0.4 is 5.32 Å². The number of nitrogens with one attached hydrogen (secondary N) is 1. The summed E-state index contributed by atoms with van der Waals surface area (Å²) in [5, 5.41) is 2.57. The summed E-state index contributed by atoms with van der Waals surface area (Å²) in [6.45, 7) is 3.38. The smallest absolute Gasteiger partial charge is 0.220 e. The molecule has 1 saturated heterocycles. The van der Waals surface area contributed by atoms with Gasteiger partial charge in [-0.1, -0.05) is 24.3 Å². The third-order valence-corrected chi connectivity index (χ3v) is 5.94. The highest BCUT2D eigenvalue weighted by atomic mass is 32.2. The number of benzene rings is 1. The lowest BCUT2D eigenvalue weighted by molar-refractivity contribution is -0.120. The molecule has 0 bridgehead atoms. The molecule has 1 aliphatic rings. The first kappa shape index (κ1) is 19.6. The Labute approximate surface area is 148 Å². The minimum atomic E-state index is -3.39. The van der Waals surface area contributed by atoms with Crippen LogP contribution in [-0.2, 0) is 19.6 Å². The fourth-order valence-electron chi connectivity index (χ4n) is 2.61. The van der Waals surface area contributed by atoms with Crippen LogP contribution in [0.5, 0.6) is 0 Å². The standard InChI is InChI=1S/C17H24N2O5S/c1-14-4-2-3-5-15(14)16(20)6-7-17(21)18-8-13-25(22,23)19-9-11-24-12-10-19/h2-5H,6-13H2,1H3,(H,18,21). The van der Waals surface area contributed by atoms with E-state index in [0.29, 0.717) is 31.9 Å². The summed E-state index contributed by atoms with van der Waals surface area (Å²) in [6.07, 6.45) is 0.150. The second kappa shape index (κ2) is 9.07. The molecule has 1 amide bonds. The molecule has 0 atom stereocenters. The van der Waals surface area contributed by atoms with Crippen molar-refractivity contribution < 1.29 is 22.7 Å². The van der Waals surface area contributed by atoms with Crippen LogP contribution in [0, 0.1) is 6.92 Å². The number of hydrogen-bond donors (Lipinski definition) is 1. The normalized spacial score (nSPS) is 15.7. The van der Waals surface area contributed by atoms with E-state index in [9.17, 15) is 18.0 Å². The van der Waals surface area contributed by atoms with E-state index in [1.165, 1.54) is 4.31 Å². The van der Waals surface area contributed by atoms with Gasteiger partial charge in [0.15, 0.2) is 5.78 Å². The largest absolute Gasteiger partial charge is 0.379 e. The van der Waals surface area contributed by atoms with Crippen molar-refractivity contribution in [3.63, 3.8) is 0 Å². The van der Waals surface area contributed by atoms with Gasteiger partial charge < -0.3 is 10.1 Å². The van der Waals surface area contributed by atoms with Gasteiger partial charge in [0.1, 0.15) is 0 Å². The molecule has 7 nitrogen and oxygen atoms in total. The van der Waals surface area contributed by atoms with Gasteiger partial charge >= 0.3 is 0 Å². The molecule has 0 aromatic heterocycles. The zero-order valence-electron chi connectivity index (χ0n) is 14.4. The first-order chi connectivity index (χ1) is 11.9. The Hall–Kier alpha value is -1.77. The molecule has 138 valence electrons. The van der Waals surface area contributed by atoms with Crippen LogP contribution in [0.15, 0.2) is 24.3 Å². The molecule has 0 radical (unpaired) electrons. The maximum Gasteiger partial charge on any atom is 0.220 e. The molecule has 1 heterocycles. The summed E-state index contributed by atoms with van der Waals surface area (Å²) in [5.74, 6) is -0.557. The first-order valence-electron chi connectivity index (χ1n) is 8.31. The molecule has 0 unspecified atom stereocenters. The Morgan fingerprint density at radius 1 is 1.16 bits per heavy atom. The molecule has 0 spiro atoms. The van der Waals surface area contributed by atoms with Crippen molar-refractivity contribution in [3.8, 4) is 0 Å². The number of Topliss-reactive ketones (excluding diaryl/α,β-unsaturated/α-hetero) is 1. The Bertz CT molecular complexity index is 712. The van der Waals surface area contributed by atoms with E-state index < -0.39 is 10.0 Å². The van der Waals surface area contributed by atoms with Crippen LogP contribution >= 0.6 is 0 Å². The summed E-state index contributed by atoms with van der Waals surface area (Å²) in [5.41, 5.74) is 1.50. The summed E-state index contributed by atoms with van der Waals surface area (Å²) in [4.78, 5) is 23.9. The second-order valence-electron chi connectivity index (χ2n) is 5.92. The van der Waals surface area contributed by atoms with Crippen LogP contribution in [0.3, 0.4) is 0 Å². The second-order valence-corrected chi connectivity index (χ2v) is 8.00. The van der Waals surface area contributed by atoms with Gasteiger partial charge in [0.25, 0.3) is 0 Å². The molecule has 1 aromatic rings. The topological polar surface area (TPSA) is 92.8 Å². The number of amides is 1. The monoisotopic (exact) mass is 368 g/mol. The quantitative estimate of drug-likeness (QED) is 0.683. The molecule has 0 saturated carbocycles. The van der Waals surface area contributed by atoms with Crippen molar-refractivity contribution in [2.75, 3.05) is 38.6 Å². The Kier molecular flexibility index (Phi) is 7.10. The molecular weight excluding hydrogens is 344 g/mol. The van der Waals surface area contributed by atoms with E-state index in [4.69, 9.17) is 4.74 Å². The summed E-state index contributed by atoms with van der Waals surface area (Å²) >= 11 is 0. The van der Waals surface area contributed by atoms with Gasteiger partial charge in [0, 0.05) is 38.0 Å². The maximum absolute atomic E-state index is 12.1. The number of rotatable bonds is 8. The van der Waals surface area contributed by atoms with E-state index in [2.05, 4.69) is 5.32 Å². The van der Waals surface area contributed by atoms with Gasteiger partial charge in [-0.3, -0.25) is 9.59 Å². The summed E-state index contributed by atoms with van der Waals surface area (Å²) in [6, 6.07) is 7.23. The van der Waals surface area contributed by atoms with Gasteiger partial charge in [-0.2, -0.15) is 4.31 Å². The number of ketones is 1. The third kappa shape index (κ3) is 5.91. The van der Waals surface area contributed by atoms with Crippen molar-refractivity contribution in [1.29, 1.82) is 0 Å². The highest BCUT2D eigenvalue weighted by Crippen LogP contribution is 2.11. The maximum atomic E-state index is 12.1. The molecule has 1 aromatic carbocycles. The van der Waals surface area contributed by atoms with Crippen LogP contribution in [-0.4, -0.2) is 63.0 Å². The number of carbonyl (C=O) groups is 2. The molecule has 1 fully saturated rings. The van der Waals surface area contributed by atoms with Gasteiger partial charge in [0.2, 0.25) is 15.9 Å². The van der Waals surface area contributed by atoms with Gasteiger partial charge in [-0.15, -0.1) is 0 Å². The first-order valence-corrected chi connectivity index (χ1v) is 9.92. The fraction of sp³-hybridized carbons (Fsp3) is 0.529. The average molecular weight is 368 g/mol. The predicted molar refractivity (Wildman–Crippen MR) is 93.9 cm³/mol.